The molecule has 0 rings (SSSR count). The zero-order chi connectivity index (χ0) is 13.3. The number of carbonyl (C=O) groups excluding carboxylic acids is 2. The van der Waals surface area contributed by atoms with Crippen molar-refractivity contribution in [3.8, 4) is 0 Å². The summed E-state index contributed by atoms with van der Waals surface area (Å²) in [5.41, 5.74) is 0. The lowest BCUT2D eigenvalue weighted by atomic mass is 10.2. The average Bonchev–Trinajstić information content (AvgIpc) is 2.36. The molecule has 1 unspecified atom stereocenters. The van der Waals surface area contributed by atoms with Crippen molar-refractivity contribution in [3.63, 3.8) is 0 Å². The van der Waals surface area contributed by atoms with Crippen LogP contribution in [0.5, 0.6) is 0 Å². The molecule has 0 heterocycles. The second-order valence-electron chi connectivity index (χ2n) is 3.55. The fourth-order valence-corrected chi connectivity index (χ4v) is 1.36. The molecule has 1 atom stereocenters. The molecule has 0 spiro atoms. The van der Waals surface area contributed by atoms with E-state index in [1.165, 1.54) is 14.2 Å². The van der Waals surface area contributed by atoms with Crippen molar-refractivity contribution < 1.29 is 23.8 Å². The van der Waals surface area contributed by atoms with E-state index in [0.717, 1.165) is 0 Å². The van der Waals surface area contributed by atoms with Crippen LogP contribution in [0.3, 0.4) is 0 Å². The van der Waals surface area contributed by atoms with Crippen LogP contribution >= 0.6 is 0 Å². The number of carbonyl (C=O) groups is 2. The maximum absolute atomic E-state index is 11.4. The number of rotatable bonds is 8. The molecule has 6 nitrogen and oxygen atoms in total. The van der Waals surface area contributed by atoms with E-state index in [4.69, 9.17) is 4.74 Å². The third-order valence-corrected chi connectivity index (χ3v) is 2.50. The summed E-state index contributed by atoms with van der Waals surface area (Å²) in [5.74, 6) is -0.629. The average molecular weight is 247 g/mol. The predicted octanol–water partition coefficient (Wildman–Crippen LogP) is 0.0594. The molecule has 6 heteroatoms. The normalized spacial score (nSPS) is 12.3. The van der Waals surface area contributed by atoms with Gasteiger partial charge in [0.05, 0.1) is 27.2 Å². The summed E-state index contributed by atoms with van der Waals surface area (Å²) < 4.78 is 14.2. The van der Waals surface area contributed by atoms with E-state index in [2.05, 4.69) is 9.47 Å². The highest BCUT2D eigenvalue weighted by Crippen LogP contribution is 2.03. The van der Waals surface area contributed by atoms with Crippen LogP contribution in [0.25, 0.3) is 0 Å². The highest BCUT2D eigenvalue weighted by molar-refractivity contribution is 5.75. The van der Waals surface area contributed by atoms with Gasteiger partial charge in [-0.25, -0.2) is 0 Å². The molecule has 0 N–H and O–H groups in total. The Balaban J connectivity index is 4.30. The van der Waals surface area contributed by atoms with E-state index < -0.39 is 6.04 Å². The summed E-state index contributed by atoms with van der Waals surface area (Å²) >= 11 is 0. The Morgan fingerprint density at radius 1 is 1.12 bits per heavy atom. The maximum Gasteiger partial charge on any atom is 0.322 e. The molecule has 0 aliphatic rings. The van der Waals surface area contributed by atoms with Crippen molar-refractivity contribution in [2.45, 2.75) is 19.4 Å². The van der Waals surface area contributed by atoms with Gasteiger partial charge in [0.15, 0.2) is 0 Å². The van der Waals surface area contributed by atoms with Crippen molar-refractivity contribution in [1.29, 1.82) is 0 Å². The molecular formula is C11H21NO5. The quantitative estimate of drug-likeness (QED) is 0.565. The summed E-state index contributed by atoms with van der Waals surface area (Å²) in [5, 5.41) is 0. The first-order valence-corrected chi connectivity index (χ1v) is 5.44. The van der Waals surface area contributed by atoms with E-state index >= 15 is 0 Å². The van der Waals surface area contributed by atoms with E-state index in [9.17, 15) is 9.59 Å². The minimum atomic E-state index is -0.403. The summed E-state index contributed by atoms with van der Waals surface area (Å²) in [4.78, 5) is 24.3. The van der Waals surface area contributed by atoms with Crippen molar-refractivity contribution in [3.05, 3.63) is 0 Å². The number of hydrogen-bond acceptors (Lipinski definition) is 6. The van der Waals surface area contributed by atoms with Gasteiger partial charge in [0.1, 0.15) is 6.04 Å². The molecule has 0 aliphatic carbocycles. The lowest BCUT2D eigenvalue weighted by molar-refractivity contribution is -0.148. The third-order valence-electron chi connectivity index (χ3n) is 2.50. The van der Waals surface area contributed by atoms with Gasteiger partial charge in [-0.15, -0.1) is 0 Å². The Bertz CT molecular complexity index is 244. The summed E-state index contributed by atoms with van der Waals surface area (Å²) in [7, 11) is 4.26. The Hall–Kier alpha value is -1.14. The molecule has 100 valence electrons. The number of ether oxygens (including phenoxy) is 3. The van der Waals surface area contributed by atoms with Gasteiger partial charge in [-0.05, 0) is 6.92 Å². The Kier molecular flexibility index (Phi) is 8.35. The second kappa shape index (κ2) is 8.95. The summed E-state index contributed by atoms with van der Waals surface area (Å²) in [6, 6.07) is -0.403. The molecule has 0 aliphatic heterocycles. The summed E-state index contributed by atoms with van der Waals surface area (Å²) in [6.45, 7) is 3.22. The van der Waals surface area contributed by atoms with Crippen LogP contribution < -0.4 is 0 Å². The smallest absolute Gasteiger partial charge is 0.322 e. The predicted molar refractivity (Wildman–Crippen MR) is 61.6 cm³/mol. The van der Waals surface area contributed by atoms with Crippen LogP contribution in [-0.4, -0.2) is 63.9 Å². The van der Waals surface area contributed by atoms with Gasteiger partial charge in [0.2, 0.25) is 0 Å². The SMILES string of the molecule is COCCN(CCC(=O)OC)C(C)C(=O)OC. The van der Waals surface area contributed by atoms with Crippen LogP contribution in [-0.2, 0) is 23.8 Å². The molecule has 0 amide bonds. The molecular weight excluding hydrogens is 226 g/mol. The van der Waals surface area contributed by atoms with Crippen LogP contribution in [0.4, 0.5) is 0 Å². The number of hydrogen-bond donors (Lipinski definition) is 0. The molecule has 0 aromatic heterocycles. The molecule has 0 saturated heterocycles. The highest BCUT2D eigenvalue weighted by Gasteiger charge is 2.22. The first-order chi connectivity index (χ1) is 8.06. The van der Waals surface area contributed by atoms with E-state index in [0.29, 0.717) is 19.7 Å². The molecule has 17 heavy (non-hydrogen) atoms. The van der Waals surface area contributed by atoms with Crippen molar-refractivity contribution in [2.24, 2.45) is 0 Å². The molecule has 0 aromatic rings. The Morgan fingerprint density at radius 2 is 1.76 bits per heavy atom. The number of nitrogens with zero attached hydrogens (tertiary/aromatic N) is 1. The fourth-order valence-electron chi connectivity index (χ4n) is 1.36. The van der Waals surface area contributed by atoms with Crippen LogP contribution in [0.2, 0.25) is 0 Å². The maximum atomic E-state index is 11.4. The zero-order valence-corrected chi connectivity index (χ0v) is 10.9. The molecule has 0 saturated carbocycles. The fraction of sp³-hybridized carbons (Fsp3) is 0.818. The molecule has 0 radical (unpaired) electrons. The molecule has 0 bridgehead atoms. The van der Waals surface area contributed by atoms with Gasteiger partial charge in [0.25, 0.3) is 0 Å². The van der Waals surface area contributed by atoms with Crippen LogP contribution in [0.15, 0.2) is 0 Å². The monoisotopic (exact) mass is 247 g/mol. The topological polar surface area (TPSA) is 65.1 Å². The lowest BCUT2D eigenvalue weighted by Crippen LogP contribution is -2.42. The lowest BCUT2D eigenvalue weighted by Gasteiger charge is -2.26. The van der Waals surface area contributed by atoms with E-state index in [1.54, 1.807) is 14.0 Å². The highest BCUT2D eigenvalue weighted by atomic mass is 16.5. The van der Waals surface area contributed by atoms with Crippen LogP contribution in [0, 0.1) is 0 Å². The van der Waals surface area contributed by atoms with Gasteiger partial charge < -0.3 is 14.2 Å². The van der Waals surface area contributed by atoms with Crippen molar-refractivity contribution >= 4 is 11.9 Å². The summed E-state index contributed by atoms with van der Waals surface area (Å²) in [6.07, 6.45) is 0.238. The van der Waals surface area contributed by atoms with E-state index in [1.807, 2.05) is 4.90 Å². The second-order valence-corrected chi connectivity index (χ2v) is 3.55. The standard InChI is InChI=1S/C11H21NO5/c1-9(11(14)17-4)12(7-8-15-2)6-5-10(13)16-3/h9H,5-8H2,1-4H3. The van der Waals surface area contributed by atoms with Crippen molar-refractivity contribution in [2.75, 3.05) is 41.0 Å². The minimum absolute atomic E-state index is 0.238. The zero-order valence-electron chi connectivity index (χ0n) is 10.9. The van der Waals surface area contributed by atoms with Gasteiger partial charge in [0, 0.05) is 20.2 Å². The first-order valence-electron chi connectivity index (χ1n) is 5.44. The Morgan fingerprint density at radius 3 is 2.24 bits per heavy atom. The van der Waals surface area contributed by atoms with Gasteiger partial charge >= 0.3 is 11.9 Å². The minimum Gasteiger partial charge on any atom is -0.469 e. The number of esters is 2. The molecule has 0 aromatic carbocycles. The molecule has 0 fully saturated rings. The van der Waals surface area contributed by atoms with E-state index in [-0.39, 0.29) is 18.4 Å². The first kappa shape index (κ1) is 15.9. The number of methoxy groups -OCH3 is 3. The van der Waals surface area contributed by atoms with Crippen LogP contribution in [0.1, 0.15) is 13.3 Å². The van der Waals surface area contributed by atoms with Crippen molar-refractivity contribution in [1.82, 2.24) is 4.90 Å². The van der Waals surface area contributed by atoms with Gasteiger partial charge in [-0.1, -0.05) is 0 Å². The van der Waals surface area contributed by atoms with Gasteiger partial charge in [-0.3, -0.25) is 14.5 Å². The van der Waals surface area contributed by atoms with Gasteiger partial charge in [-0.2, -0.15) is 0 Å². The third kappa shape index (κ3) is 6.23. The largest absolute Gasteiger partial charge is 0.469 e. The Labute approximate surface area is 102 Å².